The number of carbonyl (C=O) groups excluding carboxylic acids is 2. The molecule has 0 aromatic heterocycles. The van der Waals surface area contributed by atoms with Crippen LogP contribution >= 0.6 is 0 Å². The van der Waals surface area contributed by atoms with Gasteiger partial charge < -0.3 is 4.74 Å². The molecule has 0 bridgehead atoms. The Bertz CT molecular complexity index is 437. The molecular weight excluding hydrogens is 536 g/mol. The van der Waals surface area contributed by atoms with Gasteiger partial charge in [-0.1, -0.05) is 0 Å². The van der Waals surface area contributed by atoms with Gasteiger partial charge in [0.1, 0.15) is 0 Å². The number of nitrogens with zero attached hydrogens (tertiary/aromatic N) is 1. The molecule has 1 aliphatic rings. The van der Waals surface area contributed by atoms with Crippen LogP contribution in [0.1, 0.15) is 38.5 Å². The van der Waals surface area contributed by atoms with Crippen LogP contribution < -0.4 is 0 Å². The quantitative estimate of drug-likeness (QED) is 0.165. The van der Waals surface area contributed by atoms with Crippen LogP contribution in [-0.4, -0.2) is 59.9 Å². The van der Waals surface area contributed by atoms with Crippen molar-refractivity contribution in [2.45, 2.75) is 50.4 Å². The number of esters is 1. The third-order valence-corrected chi connectivity index (χ3v) is 5.56. The second-order valence-corrected chi connectivity index (χ2v) is 8.19. The van der Waals surface area contributed by atoms with Gasteiger partial charge in [-0.2, -0.15) is 0 Å². The monoisotopic (exact) mass is 564 g/mol. The minimum atomic E-state index is -0.604. The van der Waals surface area contributed by atoms with E-state index in [-0.39, 0.29) is 12.0 Å². The molecule has 0 spiro atoms. The zero-order valence-electron chi connectivity index (χ0n) is 14.9. The summed E-state index contributed by atoms with van der Waals surface area (Å²) >= 11 is 0.391. The molecule has 1 rings (SSSR count). The number of methoxy groups -OCH3 is 3. The van der Waals surface area contributed by atoms with Crippen molar-refractivity contribution < 1.29 is 53.2 Å². The Morgan fingerprint density at radius 3 is 2.50 bits per heavy atom. The molecule has 0 amide bonds. The zero-order chi connectivity index (χ0) is 18.0. The van der Waals surface area contributed by atoms with Crippen LogP contribution in [0.5, 0.6) is 0 Å². The molecule has 0 aliphatic carbocycles. The average Bonchev–Trinajstić information content (AvgIpc) is 2.93. The molecule has 0 aromatic rings. The summed E-state index contributed by atoms with van der Waals surface area (Å²) in [5.74, 6) is -0.774. The Morgan fingerprint density at radius 1 is 1.21 bits per heavy atom. The summed E-state index contributed by atoms with van der Waals surface area (Å²) in [5.41, 5.74) is 0. The van der Waals surface area contributed by atoms with Crippen LogP contribution in [0.15, 0.2) is 12.2 Å². The predicted octanol–water partition coefficient (Wildman–Crippen LogP) is 1.81. The Kier molecular flexibility index (Phi) is 10.4. The summed E-state index contributed by atoms with van der Waals surface area (Å²) in [5, 5.41) is 0. The fraction of sp³-hybridized carbons (Fsp3) is 0.765. The van der Waals surface area contributed by atoms with Gasteiger partial charge in [0.25, 0.3) is 0 Å². The Morgan fingerprint density at radius 2 is 1.92 bits per heavy atom. The van der Waals surface area contributed by atoms with E-state index in [2.05, 4.69) is 21.8 Å². The van der Waals surface area contributed by atoms with Crippen LogP contribution in [-0.2, 0) is 23.8 Å². The summed E-state index contributed by atoms with van der Waals surface area (Å²) in [6.07, 6.45) is 8.51. The number of hydrogen-bond donors (Lipinski definition) is 0. The standard InChI is InChI=1S/C17H28NO5.U/c1-21-16(20)10-7-5-4-6-9-15-17(22-2,23-3)11-13-18(15)12-8-14-19;/h4,6,15H,5,7-13H2,1-3H3;/b6-4-;/t15-;/m0./s1. The van der Waals surface area contributed by atoms with Crippen molar-refractivity contribution in [2.75, 3.05) is 34.4 Å². The first kappa shape index (κ1) is 21.9. The third kappa shape index (κ3) is 6.61. The van der Waals surface area contributed by atoms with Crippen molar-refractivity contribution in [1.29, 1.82) is 0 Å². The second kappa shape index (κ2) is 11.4. The molecule has 6 nitrogen and oxygen atoms in total. The van der Waals surface area contributed by atoms with Crippen molar-refractivity contribution >= 4 is 8.79 Å². The molecule has 135 valence electrons. The van der Waals surface area contributed by atoms with Gasteiger partial charge in [-0.3, -0.25) is 4.79 Å². The number of unbranched alkanes of at least 4 members (excludes halogenated alkanes) is 1. The van der Waals surface area contributed by atoms with Gasteiger partial charge in [0.05, 0.1) is 7.11 Å². The molecule has 24 heavy (non-hydrogen) atoms. The molecular formula is C17H28NO5U. The normalized spacial score (nSPS) is 20.6. The summed E-state index contributed by atoms with van der Waals surface area (Å²) in [7, 11) is 4.77. The summed E-state index contributed by atoms with van der Waals surface area (Å²) in [4.78, 5) is 24.7. The molecule has 0 unspecified atom stereocenters. The molecule has 1 saturated heterocycles. The van der Waals surface area contributed by atoms with E-state index < -0.39 is 5.79 Å². The van der Waals surface area contributed by atoms with Crippen LogP contribution in [0.2, 0.25) is 0 Å². The molecule has 0 saturated carbocycles. The molecule has 1 aliphatic heterocycles. The number of likely N-dealkylation sites (tertiary alicyclic amines) is 1. The molecule has 0 radical (unpaired) electrons. The van der Waals surface area contributed by atoms with Gasteiger partial charge in [-0.05, 0) is 0 Å². The fourth-order valence-electron chi connectivity index (χ4n) is 3.11. The van der Waals surface area contributed by atoms with Gasteiger partial charge in [0, 0.05) is 0 Å². The van der Waals surface area contributed by atoms with E-state index in [9.17, 15) is 9.59 Å². The van der Waals surface area contributed by atoms with Crippen molar-refractivity contribution in [3.05, 3.63) is 12.2 Å². The topological polar surface area (TPSA) is 65.1 Å². The SMILES string of the molecule is COC(=O)CCC/C=C\C[C@@H]1N(CC[C](=O)[U])CCC1(OC)OC. The zero-order valence-corrected chi connectivity index (χ0v) is 19.0. The van der Waals surface area contributed by atoms with E-state index in [1.807, 2.05) is 0 Å². The molecule has 0 N–H and O–H groups in total. The Hall–Kier alpha value is -0.188. The van der Waals surface area contributed by atoms with Crippen LogP contribution in [0.3, 0.4) is 0 Å². The van der Waals surface area contributed by atoms with Crippen LogP contribution in [0, 0.1) is 29.4 Å². The molecule has 7 heteroatoms. The van der Waals surface area contributed by atoms with Crippen molar-refractivity contribution in [1.82, 2.24) is 4.90 Å². The number of rotatable bonds is 11. The Balaban J connectivity index is 2.56. The van der Waals surface area contributed by atoms with Gasteiger partial charge in [-0.15, -0.1) is 0 Å². The average molecular weight is 564 g/mol. The van der Waals surface area contributed by atoms with Crippen LogP contribution in [0.25, 0.3) is 0 Å². The van der Waals surface area contributed by atoms with Crippen LogP contribution in [0.4, 0.5) is 0 Å². The van der Waals surface area contributed by atoms with E-state index in [0.717, 1.165) is 38.8 Å². The number of hydrogen-bond acceptors (Lipinski definition) is 6. The van der Waals surface area contributed by atoms with Gasteiger partial charge in [-0.25, -0.2) is 0 Å². The maximum atomic E-state index is 11.4. The Labute approximate surface area is 163 Å². The molecule has 0 aromatic carbocycles. The second-order valence-electron chi connectivity index (χ2n) is 5.87. The summed E-state index contributed by atoms with van der Waals surface area (Å²) in [6, 6.07) is 0.105. The minimum absolute atomic E-state index is 0.105. The van der Waals surface area contributed by atoms with Gasteiger partial charge in [0.15, 0.2) is 0 Å². The summed E-state index contributed by atoms with van der Waals surface area (Å²) < 4.78 is 16.4. The van der Waals surface area contributed by atoms with E-state index in [1.54, 1.807) is 14.2 Å². The van der Waals surface area contributed by atoms with Crippen molar-refractivity contribution in [2.24, 2.45) is 0 Å². The van der Waals surface area contributed by atoms with E-state index in [4.69, 9.17) is 9.47 Å². The van der Waals surface area contributed by atoms with Gasteiger partial charge in [0.2, 0.25) is 0 Å². The molecule has 1 atom stereocenters. The fourth-order valence-corrected chi connectivity index (χ4v) is 3.58. The van der Waals surface area contributed by atoms with Gasteiger partial charge >= 0.3 is 147 Å². The number of ether oxygens (including phenoxy) is 3. The molecule has 1 heterocycles. The van der Waals surface area contributed by atoms with E-state index >= 15 is 0 Å². The first-order chi connectivity index (χ1) is 11.5. The first-order valence-corrected chi connectivity index (χ1v) is 10.4. The first-order valence-electron chi connectivity index (χ1n) is 8.29. The maximum absolute atomic E-state index is 11.4. The van der Waals surface area contributed by atoms with Crippen molar-refractivity contribution in [3.63, 3.8) is 0 Å². The van der Waals surface area contributed by atoms with Crippen molar-refractivity contribution in [3.8, 4) is 0 Å². The third-order valence-electron chi connectivity index (χ3n) is 4.52. The molecule has 1 fully saturated rings. The number of carbonyl (C=O) groups is 2. The van der Waals surface area contributed by atoms with E-state index in [0.29, 0.717) is 45.1 Å². The van der Waals surface area contributed by atoms with E-state index in [1.165, 1.54) is 7.11 Å². The predicted molar refractivity (Wildman–Crippen MR) is 86.0 cm³/mol. The number of allylic oxidation sites excluding steroid dienone is 1. The summed E-state index contributed by atoms with van der Waals surface area (Å²) in [6.45, 7) is 1.64.